The highest BCUT2D eigenvalue weighted by Crippen LogP contribution is 2.44. The molecule has 0 aromatic carbocycles. The summed E-state index contributed by atoms with van der Waals surface area (Å²) in [6, 6.07) is 0. The van der Waals surface area contributed by atoms with E-state index >= 15 is 0 Å². The molecule has 0 bridgehead atoms. The standard InChI is InChI=1S/C15H28O4Si/c1-10-12(9-16)11(8-14(17)18)7-13(10)19-20(5,6)15(2,3)4/h11-13,16H,1,7-9H2,2-6H3,(H,17,18)/t11-,12-,13+/m0/s1. The van der Waals surface area contributed by atoms with E-state index in [1.807, 2.05) is 0 Å². The molecule has 1 fully saturated rings. The lowest BCUT2D eigenvalue weighted by molar-refractivity contribution is -0.138. The largest absolute Gasteiger partial charge is 0.481 e. The molecule has 0 amide bonds. The van der Waals surface area contributed by atoms with Crippen molar-refractivity contribution in [3.05, 3.63) is 12.2 Å². The lowest BCUT2D eigenvalue weighted by atomic mass is 9.92. The third-order valence-electron chi connectivity index (χ3n) is 4.85. The van der Waals surface area contributed by atoms with Crippen LogP contribution in [0.2, 0.25) is 18.1 Å². The van der Waals surface area contributed by atoms with Gasteiger partial charge in [-0.2, -0.15) is 0 Å². The van der Waals surface area contributed by atoms with Gasteiger partial charge in [0.15, 0.2) is 8.32 Å². The third-order valence-corrected chi connectivity index (χ3v) is 9.34. The van der Waals surface area contributed by atoms with Crippen molar-refractivity contribution in [2.75, 3.05) is 6.61 Å². The number of hydrogen-bond acceptors (Lipinski definition) is 3. The van der Waals surface area contributed by atoms with Gasteiger partial charge in [-0.05, 0) is 36.0 Å². The minimum atomic E-state index is -1.91. The Morgan fingerprint density at radius 1 is 1.45 bits per heavy atom. The van der Waals surface area contributed by atoms with E-state index in [1.54, 1.807) is 0 Å². The van der Waals surface area contributed by atoms with E-state index in [4.69, 9.17) is 9.53 Å². The van der Waals surface area contributed by atoms with Gasteiger partial charge in [0.2, 0.25) is 0 Å². The molecular formula is C15H28O4Si. The van der Waals surface area contributed by atoms with Gasteiger partial charge in [-0.15, -0.1) is 0 Å². The molecule has 4 nitrogen and oxygen atoms in total. The Hall–Kier alpha value is -0.653. The summed E-state index contributed by atoms with van der Waals surface area (Å²) in [5, 5.41) is 18.6. The van der Waals surface area contributed by atoms with Crippen LogP contribution in [0.1, 0.15) is 33.6 Å². The Morgan fingerprint density at radius 3 is 2.40 bits per heavy atom. The molecule has 1 rings (SSSR count). The number of hydrogen-bond donors (Lipinski definition) is 2. The lowest BCUT2D eigenvalue weighted by Crippen LogP contribution is -2.43. The molecule has 0 saturated heterocycles. The Labute approximate surface area is 123 Å². The average molecular weight is 300 g/mol. The highest BCUT2D eigenvalue weighted by atomic mass is 28.4. The van der Waals surface area contributed by atoms with E-state index in [9.17, 15) is 9.90 Å². The molecule has 20 heavy (non-hydrogen) atoms. The molecule has 5 heteroatoms. The van der Waals surface area contributed by atoms with Crippen molar-refractivity contribution in [2.45, 2.75) is 57.8 Å². The summed E-state index contributed by atoms with van der Waals surface area (Å²) in [4.78, 5) is 10.9. The van der Waals surface area contributed by atoms with Crippen molar-refractivity contribution in [3.63, 3.8) is 0 Å². The van der Waals surface area contributed by atoms with Crippen molar-refractivity contribution >= 4 is 14.3 Å². The molecule has 0 aromatic heterocycles. The Kier molecular flexibility index (Phi) is 5.22. The number of carboxylic acids is 1. The van der Waals surface area contributed by atoms with Gasteiger partial charge in [0, 0.05) is 18.9 Å². The molecule has 1 aliphatic rings. The van der Waals surface area contributed by atoms with Crippen LogP contribution in [-0.2, 0) is 9.22 Å². The summed E-state index contributed by atoms with van der Waals surface area (Å²) in [5.74, 6) is -1.05. The van der Waals surface area contributed by atoms with E-state index in [-0.39, 0.29) is 36.0 Å². The topological polar surface area (TPSA) is 66.8 Å². The molecule has 0 unspecified atom stereocenters. The van der Waals surface area contributed by atoms with Crippen molar-refractivity contribution in [2.24, 2.45) is 11.8 Å². The SMILES string of the molecule is C=C1[C@H](O[Si](C)(C)C(C)(C)C)C[C@@H](CC(=O)O)[C@H]1CO. The molecule has 116 valence electrons. The predicted molar refractivity (Wildman–Crippen MR) is 82.1 cm³/mol. The molecule has 0 spiro atoms. The number of carbonyl (C=O) groups is 1. The van der Waals surface area contributed by atoms with Crippen LogP contribution >= 0.6 is 0 Å². The zero-order valence-electron chi connectivity index (χ0n) is 13.3. The van der Waals surface area contributed by atoms with Crippen LogP contribution in [0.3, 0.4) is 0 Å². The van der Waals surface area contributed by atoms with Gasteiger partial charge in [0.05, 0.1) is 6.10 Å². The normalized spacial score (nSPS) is 27.9. The number of aliphatic hydroxyl groups excluding tert-OH is 1. The van der Waals surface area contributed by atoms with Gasteiger partial charge in [-0.3, -0.25) is 4.79 Å². The van der Waals surface area contributed by atoms with Crippen molar-refractivity contribution < 1.29 is 19.4 Å². The second-order valence-electron chi connectivity index (χ2n) is 7.32. The number of aliphatic carboxylic acids is 1. The highest BCUT2D eigenvalue weighted by molar-refractivity contribution is 6.74. The van der Waals surface area contributed by atoms with E-state index in [1.165, 1.54) is 0 Å². The van der Waals surface area contributed by atoms with E-state index in [0.29, 0.717) is 6.42 Å². The first-order chi connectivity index (χ1) is 8.99. The van der Waals surface area contributed by atoms with Gasteiger partial charge < -0.3 is 14.6 Å². The minimum absolute atomic E-state index is 0.0475. The van der Waals surface area contributed by atoms with Gasteiger partial charge in [-0.1, -0.05) is 27.4 Å². The predicted octanol–water partition coefficient (Wildman–Crippen LogP) is 3.04. The van der Waals surface area contributed by atoms with Gasteiger partial charge >= 0.3 is 5.97 Å². The first-order valence-electron chi connectivity index (χ1n) is 7.18. The molecule has 0 heterocycles. The fourth-order valence-electron chi connectivity index (χ4n) is 2.50. The summed E-state index contributed by atoms with van der Waals surface area (Å²) in [6.07, 6.45) is 0.613. The maximum Gasteiger partial charge on any atom is 0.303 e. The van der Waals surface area contributed by atoms with Crippen molar-refractivity contribution in [3.8, 4) is 0 Å². The smallest absolute Gasteiger partial charge is 0.303 e. The lowest BCUT2D eigenvalue weighted by Gasteiger charge is -2.38. The van der Waals surface area contributed by atoms with Gasteiger partial charge in [0.1, 0.15) is 0 Å². The second-order valence-corrected chi connectivity index (χ2v) is 12.1. The molecule has 0 aliphatic heterocycles. The maximum atomic E-state index is 10.9. The minimum Gasteiger partial charge on any atom is -0.481 e. The van der Waals surface area contributed by atoms with E-state index in [2.05, 4.69) is 40.4 Å². The van der Waals surface area contributed by atoms with Crippen molar-refractivity contribution in [1.29, 1.82) is 0 Å². The zero-order chi connectivity index (χ0) is 15.7. The average Bonchev–Trinajstić information content (AvgIpc) is 2.52. The zero-order valence-corrected chi connectivity index (χ0v) is 14.3. The van der Waals surface area contributed by atoms with Crippen LogP contribution in [-0.4, -0.2) is 37.2 Å². The molecular weight excluding hydrogens is 272 g/mol. The van der Waals surface area contributed by atoms with E-state index in [0.717, 1.165) is 5.57 Å². The Balaban J connectivity index is 2.83. The summed E-state index contributed by atoms with van der Waals surface area (Å²) < 4.78 is 6.35. The van der Waals surface area contributed by atoms with Crippen molar-refractivity contribution in [1.82, 2.24) is 0 Å². The highest BCUT2D eigenvalue weighted by Gasteiger charge is 2.45. The van der Waals surface area contributed by atoms with Crippen LogP contribution in [0, 0.1) is 11.8 Å². The number of carboxylic acid groups (broad SMARTS) is 1. The first kappa shape index (κ1) is 17.4. The molecule has 0 radical (unpaired) electrons. The Bertz CT molecular complexity index is 384. The van der Waals surface area contributed by atoms with Gasteiger partial charge in [-0.25, -0.2) is 0 Å². The molecule has 0 aromatic rings. The van der Waals surface area contributed by atoms with Crippen LogP contribution in [0.4, 0.5) is 0 Å². The van der Waals surface area contributed by atoms with Crippen LogP contribution in [0.25, 0.3) is 0 Å². The third kappa shape index (κ3) is 3.71. The van der Waals surface area contributed by atoms with Crippen LogP contribution in [0.5, 0.6) is 0 Å². The van der Waals surface area contributed by atoms with Crippen LogP contribution in [0.15, 0.2) is 12.2 Å². The summed E-state index contributed by atoms with van der Waals surface area (Å²) in [6.45, 7) is 14.9. The summed E-state index contributed by atoms with van der Waals surface area (Å²) >= 11 is 0. The van der Waals surface area contributed by atoms with E-state index < -0.39 is 14.3 Å². The number of rotatable bonds is 5. The number of aliphatic hydroxyl groups is 1. The molecule has 2 N–H and O–H groups in total. The summed E-state index contributed by atoms with van der Waals surface area (Å²) in [7, 11) is -1.91. The fraction of sp³-hybridized carbons (Fsp3) is 0.800. The maximum absolute atomic E-state index is 10.9. The summed E-state index contributed by atoms with van der Waals surface area (Å²) in [5.41, 5.74) is 0.864. The molecule has 1 aliphatic carbocycles. The van der Waals surface area contributed by atoms with Crippen LogP contribution < -0.4 is 0 Å². The Morgan fingerprint density at radius 2 is 2.00 bits per heavy atom. The van der Waals surface area contributed by atoms with Gasteiger partial charge in [0.25, 0.3) is 0 Å². The molecule has 1 saturated carbocycles. The first-order valence-corrected chi connectivity index (χ1v) is 10.1. The molecule has 3 atom stereocenters. The monoisotopic (exact) mass is 300 g/mol. The second kappa shape index (κ2) is 5.99. The quantitative estimate of drug-likeness (QED) is 0.605. The fourth-order valence-corrected chi connectivity index (χ4v) is 3.82.